The molecule has 1 aromatic heterocycles. The summed E-state index contributed by atoms with van der Waals surface area (Å²) >= 11 is 1.78. The molecule has 1 atom stereocenters. The summed E-state index contributed by atoms with van der Waals surface area (Å²) in [4.78, 5) is 26.4. The van der Waals surface area contributed by atoms with E-state index in [1.54, 1.807) is 11.3 Å². The van der Waals surface area contributed by atoms with Gasteiger partial charge >= 0.3 is 5.97 Å². The van der Waals surface area contributed by atoms with Gasteiger partial charge in [0.1, 0.15) is 6.04 Å². The number of hydrogen-bond acceptors (Lipinski definition) is 5. The second kappa shape index (κ2) is 6.16. The number of carbonyl (C=O) groups excluding carboxylic acids is 2. The number of nitrogens with zero attached hydrogens (tertiary/aromatic N) is 1. The highest BCUT2D eigenvalue weighted by molar-refractivity contribution is 7.10. The summed E-state index contributed by atoms with van der Waals surface area (Å²) in [5.74, 6) is -0.616. The Labute approximate surface area is 116 Å². The van der Waals surface area contributed by atoms with Crippen LogP contribution in [0.4, 0.5) is 0 Å². The fraction of sp³-hybridized carbons (Fsp3) is 0.538. The lowest BCUT2D eigenvalue weighted by Crippen LogP contribution is -2.49. The van der Waals surface area contributed by atoms with Crippen LogP contribution in [0.2, 0.25) is 0 Å². The van der Waals surface area contributed by atoms with E-state index in [4.69, 9.17) is 4.74 Å². The van der Waals surface area contributed by atoms with Gasteiger partial charge < -0.3 is 10.1 Å². The van der Waals surface area contributed by atoms with E-state index in [1.807, 2.05) is 0 Å². The molecule has 1 aliphatic rings. The van der Waals surface area contributed by atoms with E-state index in [0.29, 0.717) is 6.54 Å². The highest BCUT2D eigenvalue weighted by atomic mass is 32.1. The van der Waals surface area contributed by atoms with Crippen LogP contribution in [0, 0.1) is 0 Å². The molecule has 1 aliphatic heterocycles. The second-order valence-electron chi connectivity index (χ2n) is 4.63. The summed E-state index contributed by atoms with van der Waals surface area (Å²) in [7, 11) is 1.34. The molecule has 0 saturated heterocycles. The van der Waals surface area contributed by atoms with Crippen molar-refractivity contribution in [3.63, 3.8) is 0 Å². The zero-order valence-electron chi connectivity index (χ0n) is 11.1. The van der Waals surface area contributed by atoms with Crippen LogP contribution in [0.15, 0.2) is 11.4 Å². The molecule has 0 radical (unpaired) electrons. The van der Waals surface area contributed by atoms with Crippen molar-refractivity contribution >= 4 is 23.2 Å². The zero-order valence-corrected chi connectivity index (χ0v) is 12.0. The van der Waals surface area contributed by atoms with Gasteiger partial charge in [0.2, 0.25) is 5.91 Å². The van der Waals surface area contributed by atoms with Crippen molar-refractivity contribution in [3.8, 4) is 0 Å². The van der Waals surface area contributed by atoms with E-state index < -0.39 is 12.0 Å². The molecule has 2 heterocycles. The van der Waals surface area contributed by atoms with Gasteiger partial charge in [0.25, 0.3) is 0 Å². The third-order valence-electron chi connectivity index (χ3n) is 3.19. The number of amides is 1. The largest absolute Gasteiger partial charge is 0.467 e. The van der Waals surface area contributed by atoms with Gasteiger partial charge in [-0.05, 0) is 23.4 Å². The topological polar surface area (TPSA) is 58.6 Å². The molecule has 1 N–H and O–H groups in total. The smallest absolute Gasteiger partial charge is 0.329 e. The number of ether oxygens (including phenoxy) is 1. The molecule has 0 fully saturated rings. The highest BCUT2D eigenvalue weighted by Gasteiger charge is 2.25. The molecule has 104 valence electrons. The van der Waals surface area contributed by atoms with Gasteiger partial charge in [0, 0.05) is 31.4 Å². The molecular formula is C13H18N2O3S. The minimum absolute atomic E-state index is 0.219. The lowest BCUT2D eigenvalue weighted by Gasteiger charge is -2.29. The first-order chi connectivity index (χ1) is 9.10. The van der Waals surface area contributed by atoms with Crippen LogP contribution in [0.1, 0.15) is 17.4 Å². The number of rotatable bonds is 4. The predicted molar refractivity (Wildman–Crippen MR) is 72.9 cm³/mol. The minimum Gasteiger partial charge on any atom is -0.467 e. The molecule has 0 aliphatic carbocycles. The highest BCUT2D eigenvalue weighted by Crippen LogP contribution is 2.23. The molecule has 19 heavy (non-hydrogen) atoms. The van der Waals surface area contributed by atoms with Crippen molar-refractivity contribution in [1.29, 1.82) is 0 Å². The normalized spacial score (nSPS) is 16.5. The van der Waals surface area contributed by atoms with Crippen molar-refractivity contribution in [1.82, 2.24) is 10.2 Å². The molecule has 1 amide bonds. The Kier molecular flexibility index (Phi) is 4.55. The Morgan fingerprint density at radius 3 is 3.05 bits per heavy atom. The van der Waals surface area contributed by atoms with Gasteiger partial charge in [-0.1, -0.05) is 0 Å². The summed E-state index contributed by atoms with van der Waals surface area (Å²) in [5.41, 5.74) is 1.32. The third-order valence-corrected chi connectivity index (χ3v) is 4.21. The number of nitrogens with one attached hydrogen (secondary N) is 1. The summed E-state index contributed by atoms with van der Waals surface area (Å²) in [5, 5.41) is 4.74. The van der Waals surface area contributed by atoms with E-state index in [1.165, 1.54) is 24.5 Å². The summed E-state index contributed by atoms with van der Waals surface area (Å²) < 4.78 is 4.73. The Bertz CT molecular complexity index is 472. The number of esters is 1. The van der Waals surface area contributed by atoms with Crippen molar-refractivity contribution < 1.29 is 14.3 Å². The van der Waals surface area contributed by atoms with Gasteiger partial charge in [0.15, 0.2) is 0 Å². The van der Waals surface area contributed by atoms with Crippen molar-refractivity contribution in [2.45, 2.75) is 25.9 Å². The average Bonchev–Trinajstić information content (AvgIpc) is 2.84. The van der Waals surface area contributed by atoms with Crippen molar-refractivity contribution in [2.24, 2.45) is 0 Å². The maximum atomic E-state index is 11.7. The molecule has 0 bridgehead atoms. The molecule has 0 spiro atoms. The average molecular weight is 282 g/mol. The van der Waals surface area contributed by atoms with Gasteiger partial charge in [0.05, 0.1) is 7.11 Å². The molecule has 1 unspecified atom stereocenters. The summed E-state index contributed by atoms with van der Waals surface area (Å²) in [6, 6.07) is 1.53. The number of fused-ring (bicyclic) bond motifs is 1. The van der Waals surface area contributed by atoms with Crippen molar-refractivity contribution in [2.75, 3.05) is 20.2 Å². The number of hydrogen-bond donors (Lipinski definition) is 1. The van der Waals surface area contributed by atoms with E-state index in [-0.39, 0.29) is 5.91 Å². The standard InChI is InChI=1S/C13H18N2O3S/c1-9(16)14-11(13(17)18-2)8-15-5-3-12-10(7-15)4-6-19-12/h4,6,11H,3,5,7-8H2,1-2H3,(H,14,16). The van der Waals surface area contributed by atoms with E-state index in [9.17, 15) is 9.59 Å². The molecular weight excluding hydrogens is 264 g/mol. The van der Waals surface area contributed by atoms with Crippen LogP contribution in [0.3, 0.4) is 0 Å². The van der Waals surface area contributed by atoms with Crippen LogP contribution in [0.25, 0.3) is 0 Å². The number of methoxy groups -OCH3 is 1. The van der Waals surface area contributed by atoms with Gasteiger partial charge in [-0.15, -0.1) is 11.3 Å². The summed E-state index contributed by atoms with van der Waals surface area (Å²) in [6.45, 7) is 3.62. The van der Waals surface area contributed by atoms with E-state index in [0.717, 1.165) is 19.5 Å². The Morgan fingerprint density at radius 2 is 2.37 bits per heavy atom. The lowest BCUT2D eigenvalue weighted by atomic mass is 10.1. The fourth-order valence-corrected chi connectivity index (χ4v) is 3.18. The van der Waals surface area contributed by atoms with Crippen LogP contribution in [0.5, 0.6) is 0 Å². The Hall–Kier alpha value is -1.40. The lowest BCUT2D eigenvalue weighted by molar-refractivity contribution is -0.145. The molecule has 5 nitrogen and oxygen atoms in total. The van der Waals surface area contributed by atoms with Crippen LogP contribution < -0.4 is 5.32 Å². The van der Waals surface area contributed by atoms with Crippen molar-refractivity contribution in [3.05, 3.63) is 21.9 Å². The maximum Gasteiger partial charge on any atom is 0.329 e. The minimum atomic E-state index is -0.595. The SMILES string of the molecule is COC(=O)C(CN1CCc2sccc2C1)NC(C)=O. The first-order valence-corrected chi connectivity index (χ1v) is 7.10. The third kappa shape index (κ3) is 3.54. The molecule has 2 rings (SSSR count). The van der Waals surface area contributed by atoms with Crippen LogP contribution >= 0.6 is 11.3 Å². The van der Waals surface area contributed by atoms with Gasteiger partial charge in [-0.3, -0.25) is 9.69 Å². The number of carbonyl (C=O) groups is 2. The summed E-state index contributed by atoms with van der Waals surface area (Å²) in [6.07, 6.45) is 1.00. The Balaban J connectivity index is 1.98. The number of thiophene rings is 1. The zero-order chi connectivity index (χ0) is 13.8. The van der Waals surface area contributed by atoms with E-state index in [2.05, 4.69) is 21.7 Å². The molecule has 0 aromatic carbocycles. The van der Waals surface area contributed by atoms with Crippen LogP contribution in [-0.4, -0.2) is 43.0 Å². The Morgan fingerprint density at radius 1 is 1.58 bits per heavy atom. The second-order valence-corrected chi connectivity index (χ2v) is 5.63. The maximum absolute atomic E-state index is 11.7. The molecule has 6 heteroatoms. The van der Waals surface area contributed by atoms with Gasteiger partial charge in [-0.2, -0.15) is 0 Å². The van der Waals surface area contributed by atoms with Crippen LogP contribution in [-0.2, 0) is 27.3 Å². The first kappa shape index (κ1) is 14.0. The monoisotopic (exact) mass is 282 g/mol. The fourth-order valence-electron chi connectivity index (χ4n) is 2.29. The van der Waals surface area contributed by atoms with Gasteiger partial charge in [-0.25, -0.2) is 4.79 Å². The van der Waals surface area contributed by atoms with E-state index >= 15 is 0 Å². The predicted octanol–water partition coefficient (Wildman–Crippen LogP) is 0.784. The molecule has 0 saturated carbocycles. The quantitative estimate of drug-likeness (QED) is 0.829. The first-order valence-electron chi connectivity index (χ1n) is 6.22. The molecule has 1 aromatic rings.